The van der Waals surface area contributed by atoms with E-state index < -0.39 is 28.6 Å². The fourth-order valence-corrected chi connectivity index (χ4v) is 3.98. The smallest absolute Gasteiger partial charge is 0.324 e. The highest BCUT2D eigenvalue weighted by Crippen LogP contribution is 2.16. The maximum atomic E-state index is 12.6. The van der Waals surface area contributed by atoms with Crippen LogP contribution in [0.1, 0.15) is 26.3 Å². The number of nitrogens with zero attached hydrogens (tertiary/aromatic N) is 1. The summed E-state index contributed by atoms with van der Waals surface area (Å²) in [7, 11) is -2.47. The van der Waals surface area contributed by atoms with Crippen molar-refractivity contribution in [3.05, 3.63) is 60.2 Å². The SMILES string of the molecule is COc1ccc(S(=O)(=O)N[C@@H](C)C(=O)OCC(=O)N(Cc2ccccc2)C(C)C)cc1. The standard InChI is InChI=1S/C22H28N2O6S/c1-16(2)24(14-18-8-6-5-7-9-18)21(25)15-30-22(26)17(3)23-31(27,28)20-12-10-19(29-4)11-13-20/h5-13,16-17,23H,14-15H2,1-4H3/t17-/m0/s1. The molecule has 0 saturated heterocycles. The largest absolute Gasteiger partial charge is 0.497 e. The lowest BCUT2D eigenvalue weighted by molar-refractivity contribution is -0.154. The van der Waals surface area contributed by atoms with Crippen molar-refractivity contribution in [3.8, 4) is 5.75 Å². The number of rotatable bonds is 10. The lowest BCUT2D eigenvalue weighted by atomic mass is 10.2. The topological polar surface area (TPSA) is 102 Å². The van der Waals surface area contributed by atoms with Gasteiger partial charge in [-0.2, -0.15) is 4.72 Å². The number of hydrogen-bond acceptors (Lipinski definition) is 6. The zero-order chi connectivity index (χ0) is 23.0. The molecule has 2 aromatic carbocycles. The maximum absolute atomic E-state index is 12.6. The third-order valence-electron chi connectivity index (χ3n) is 4.53. The Morgan fingerprint density at radius 2 is 1.61 bits per heavy atom. The highest BCUT2D eigenvalue weighted by Gasteiger charge is 2.25. The number of benzene rings is 2. The summed E-state index contributed by atoms with van der Waals surface area (Å²) in [4.78, 5) is 26.4. The lowest BCUT2D eigenvalue weighted by Gasteiger charge is -2.27. The van der Waals surface area contributed by atoms with Gasteiger partial charge < -0.3 is 14.4 Å². The number of methoxy groups -OCH3 is 1. The van der Waals surface area contributed by atoms with Gasteiger partial charge in [0.15, 0.2) is 6.61 Å². The minimum atomic E-state index is -3.94. The summed E-state index contributed by atoms with van der Waals surface area (Å²) in [6.45, 7) is 5.01. The van der Waals surface area contributed by atoms with Crippen LogP contribution in [0.2, 0.25) is 0 Å². The van der Waals surface area contributed by atoms with Crippen molar-refractivity contribution in [3.63, 3.8) is 0 Å². The number of ether oxygens (including phenoxy) is 2. The fraction of sp³-hybridized carbons (Fsp3) is 0.364. The normalized spacial score (nSPS) is 12.3. The van der Waals surface area contributed by atoms with E-state index in [-0.39, 0.29) is 16.8 Å². The summed E-state index contributed by atoms with van der Waals surface area (Å²) in [6.07, 6.45) is 0. The van der Waals surface area contributed by atoms with Crippen molar-refractivity contribution < 1.29 is 27.5 Å². The molecule has 0 radical (unpaired) electrons. The fourth-order valence-electron chi connectivity index (χ4n) is 2.78. The van der Waals surface area contributed by atoms with Gasteiger partial charge in [-0.25, -0.2) is 8.42 Å². The Labute approximate surface area is 183 Å². The van der Waals surface area contributed by atoms with Gasteiger partial charge in [-0.3, -0.25) is 9.59 Å². The van der Waals surface area contributed by atoms with Gasteiger partial charge in [-0.1, -0.05) is 30.3 Å². The van der Waals surface area contributed by atoms with Crippen LogP contribution in [0.3, 0.4) is 0 Å². The van der Waals surface area contributed by atoms with E-state index >= 15 is 0 Å². The van der Waals surface area contributed by atoms with Crippen molar-refractivity contribution in [1.29, 1.82) is 0 Å². The first kappa shape index (κ1) is 24.4. The Morgan fingerprint density at radius 3 is 2.16 bits per heavy atom. The molecule has 1 N–H and O–H groups in total. The average Bonchev–Trinajstić information content (AvgIpc) is 2.75. The molecule has 0 bridgehead atoms. The van der Waals surface area contributed by atoms with Crippen LogP contribution in [0.25, 0.3) is 0 Å². The minimum absolute atomic E-state index is 0.0159. The van der Waals surface area contributed by atoms with Gasteiger partial charge >= 0.3 is 5.97 Å². The van der Waals surface area contributed by atoms with Gasteiger partial charge in [-0.05, 0) is 50.6 Å². The van der Waals surface area contributed by atoms with Crippen molar-refractivity contribution in [2.24, 2.45) is 0 Å². The summed E-state index contributed by atoms with van der Waals surface area (Å²) < 4.78 is 37.2. The molecule has 0 unspecified atom stereocenters. The Kier molecular flexibility index (Phi) is 8.58. The summed E-state index contributed by atoms with van der Waals surface area (Å²) in [5.74, 6) is -0.693. The molecule has 0 spiro atoms. The van der Waals surface area contributed by atoms with Gasteiger partial charge in [-0.15, -0.1) is 0 Å². The van der Waals surface area contributed by atoms with E-state index in [4.69, 9.17) is 9.47 Å². The number of sulfonamides is 1. The molecule has 0 saturated carbocycles. The highest BCUT2D eigenvalue weighted by atomic mass is 32.2. The van der Waals surface area contributed by atoms with Gasteiger partial charge in [0.1, 0.15) is 11.8 Å². The molecule has 8 nitrogen and oxygen atoms in total. The molecule has 0 aliphatic rings. The van der Waals surface area contributed by atoms with Crippen molar-refractivity contribution in [2.45, 2.75) is 44.3 Å². The summed E-state index contributed by atoms with van der Waals surface area (Å²) in [5, 5.41) is 0. The third kappa shape index (κ3) is 7.08. The molecular formula is C22H28N2O6S. The first-order valence-corrected chi connectivity index (χ1v) is 11.3. The molecule has 2 aromatic rings. The maximum Gasteiger partial charge on any atom is 0.324 e. The van der Waals surface area contributed by atoms with E-state index in [2.05, 4.69) is 4.72 Å². The molecule has 31 heavy (non-hydrogen) atoms. The summed E-state index contributed by atoms with van der Waals surface area (Å²) in [5.41, 5.74) is 0.955. The van der Waals surface area contributed by atoms with E-state index in [9.17, 15) is 18.0 Å². The van der Waals surface area contributed by atoms with Crippen LogP contribution in [0.15, 0.2) is 59.5 Å². The van der Waals surface area contributed by atoms with Gasteiger partial charge in [0.05, 0.1) is 12.0 Å². The van der Waals surface area contributed by atoms with Crippen LogP contribution in [0.5, 0.6) is 5.75 Å². The average molecular weight is 449 g/mol. The van der Waals surface area contributed by atoms with Gasteiger partial charge in [0.2, 0.25) is 10.0 Å². The Balaban J connectivity index is 1.94. The Bertz CT molecular complexity index is 975. The quantitative estimate of drug-likeness (QED) is 0.560. The van der Waals surface area contributed by atoms with E-state index in [1.54, 1.807) is 4.90 Å². The second kappa shape index (κ2) is 10.9. The van der Waals surface area contributed by atoms with Gasteiger partial charge in [0, 0.05) is 12.6 Å². The molecule has 1 amide bonds. The number of carbonyl (C=O) groups excluding carboxylic acids is 2. The van der Waals surface area contributed by atoms with Crippen LogP contribution in [0, 0.1) is 0 Å². The first-order chi connectivity index (χ1) is 14.6. The summed E-state index contributed by atoms with van der Waals surface area (Å²) in [6, 6.07) is 14.0. The number of nitrogens with one attached hydrogen (secondary N) is 1. The van der Waals surface area contributed by atoms with Gasteiger partial charge in [0.25, 0.3) is 5.91 Å². The molecule has 0 aliphatic heterocycles. The molecule has 2 rings (SSSR count). The van der Waals surface area contributed by atoms with E-state index in [1.807, 2.05) is 44.2 Å². The highest BCUT2D eigenvalue weighted by molar-refractivity contribution is 7.89. The first-order valence-electron chi connectivity index (χ1n) is 9.80. The molecule has 0 aliphatic carbocycles. The van der Waals surface area contributed by atoms with Crippen LogP contribution < -0.4 is 9.46 Å². The van der Waals surface area contributed by atoms with Crippen LogP contribution in [0.4, 0.5) is 0 Å². The van der Waals surface area contributed by atoms with Crippen LogP contribution in [-0.4, -0.2) is 51.0 Å². The van der Waals surface area contributed by atoms with Crippen molar-refractivity contribution >= 4 is 21.9 Å². The molecule has 1 atom stereocenters. The molecular weight excluding hydrogens is 420 g/mol. The zero-order valence-corrected chi connectivity index (χ0v) is 18.9. The molecule has 9 heteroatoms. The lowest BCUT2D eigenvalue weighted by Crippen LogP contribution is -2.42. The van der Waals surface area contributed by atoms with E-state index in [1.165, 1.54) is 38.3 Å². The second-order valence-electron chi connectivity index (χ2n) is 7.23. The van der Waals surface area contributed by atoms with Crippen LogP contribution in [-0.2, 0) is 30.9 Å². The van der Waals surface area contributed by atoms with E-state index in [0.717, 1.165) is 5.56 Å². The third-order valence-corrected chi connectivity index (χ3v) is 6.09. The number of amides is 1. The van der Waals surface area contributed by atoms with Crippen molar-refractivity contribution in [2.75, 3.05) is 13.7 Å². The minimum Gasteiger partial charge on any atom is -0.497 e. The number of carbonyl (C=O) groups is 2. The summed E-state index contributed by atoms with van der Waals surface area (Å²) >= 11 is 0. The number of hydrogen-bond donors (Lipinski definition) is 1. The molecule has 0 heterocycles. The Morgan fingerprint density at radius 1 is 1.00 bits per heavy atom. The molecule has 168 valence electrons. The number of esters is 1. The zero-order valence-electron chi connectivity index (χ0n) is 18.1. The molecule has 0 aromatic heterocycles. The predicted octanol–water partition coefficient (Wildman–Crippen LogP) is 2.34. The second-order valence-corrected chi connectivity index (χ2v) is 8.94. The van der Waals surface area contributed by atoms with E-state index in [0.29, 0.717) is 12.3 Å². The monoisotopic (exact) mass is 448 g/mol. The molecule has 0 fully saturated rings. The predicted molar refractivity (Wildman–Crippen MR) is 116 cm³/mol. The van der Waals surface area contributed by atoms with Crippen LogP contribution >= 0.6 is 0 Å². The van der Waals surface area contributed by atoms with Crippen molar-refractivity contribution in [1.82, 2.24) is 9.62 Å². The Hall–Kier alpha value is -2.91.